The molecule has 2 heterocycles. The van der Waals surface area contributed by atoms with Crippen LogP contribution in [0.25, 0.3) is 5.69 Å². The molecule has 7 nitrogen and oxygen atoms in total. The number of aromatic nitrogens is 5. The van der Waals surface area contributed by atoms with Crippen molar-refractivity contribution in [3.05, 3.63) is 86.9 Å². The highest BCUT2D eigenvalue weighted by atomic mass is 35.5. The Hall–Kier alpha value is -3.08. The lowest BCUT2D eigenvalue weighted by molar-refractivity contribution is 0.102. The summed E-state index contributed by atoms with van der Waals surface area (Å²) >= 11 is 13.5. The van der Waals surface area contributed by atoms with Crippen molar-refractivity contribution in [2.45, 2.75) is 24.8 Å². The molecule has 0 aliphatic heterocycles. The van der Waals surface area contributed by atoms with Gasteiger partial charge in [-0.15, -0.1) is 5.10 Å². The van der Waals surface area contributed by atoms with Crippen LogP contribution in [0.5, 0.6) is 0 Å². The number of amides is 1. The van der Waals surface area contributed by atoms with E-state index < -0.39 is 17.5 Å². The molecule has 34 heavy (non-hydrogen) atoms. The molecule has 2 aromatic heterocycles. The van der Waals surface area contributed by atoms with Gasteiger partial charge < -0.3 is 5.32 Å². The molecule has 12 heteroatoms. The van der Waals surface area contributed by atoms with Crippen LogP contribution in [-0.4, -0.2) is 30.9 Å². The van der Waals surface area contributed by atoms with Crippen LogP contribution < -0.4 is 5.32 Å². The van der Waals surface area contributed by atoms with Crippen molar-refractivity contribution in [3.8, 4) is 5.69 Å². The summed E-state index contributed by atoms with van der Waals surface area (Å²) in [6.07, 6.45) is 0. The molecule has 0 spiro atoms. The molecule has 0 aliphatic rings. The van der Waals surface area contributed by atoms with Gasteiger partial charge in [-0.05, 0) is 50.2 Å². The van der Waals surface area contributed by atoms with Crippen LogP contribution in [0.15, 0.2) is 47.6 Å². The second-order valence-corrected chi connectivity index (χ2v) is 9.04. The molecule has 4 aromatic rings. The molecule has 0 saturated carbocycles. The smallest absolute Gasteiger partial charge is 0.278 e. The fourth-order valence-corrected chi connectivity index (χ4v) is 4.60. The van der Waals surface area contributed by atoms with Gasteiger partial charge in [-0.25, -0.2) is 23.4 Å². The lowest BCUT2D eigenvalue weighted by atomic mass is 10.2. The Bertz CT molecular complexity index is 1360. The molecule has 174 valence electrons. The zero-order chi connectivity index (χ0) is 24.4. The third kappa shape index (κ3) is 5.52. The Morgan fingerprint density at radius 1 is 1.03 bits per heavy atom. The van der Waals surface area contributed by atoms with Gasteiger partial charge in [0.15, 0.2) is 10.9 Å². The zero-order valence-corrected chi connectivity index (χ0v) is 20.1. The van der Waals surface area contributed by atoms with Crippen molar-refractivity contribution in [2.24, 2.45) is 0 Å². The summed E-state index contributed by atoms with van der Waals surface area (Å²) < 4.78 is 29.0. The van der Waals surface area contributed by atoms with E-state index in [1.165, 1.54) is 16.4 Å². The van der Waals surface area contributed by atoms with Crippen LogP contribution in [0.1, 0.15) is 27.6 Å². The maximum Gasteiger partial charge on any atom is 0.278 e. The molecule has 0 atom stereocenters. The molecule has 0 saturated heterocycles. The summed E-state index contributed by atoms with van der Waals surface area (Å²) in [5, 5.41) is 11.6. The number of benzene rings is 2. The van der Waals surface area contributed by atoms with Gasteiger partial charge >= 0.3 is 0 Å². The monoisotopic (exact) mass is 520 g/mol. The van der Waals surface area contributed by atoms with E-state index in [2.05, 4.69) is 25.6 Å². The van der Waals surface area contributed by atoms with Gasteiger partial charge in [-0.2, -0.15) is 0 Å². The van der Waals surface area contributed by atoms with Gasteiger partial charge in [0.05, 0.1) is 17.1 Å². The fraction of sp³-hybridized carbons (Fsp3) is 0.136. The number of hydrogen-bond donors (Lipinski definition) is 1. The van der Waals surface area contributed by atoms with Gasteiger partial charge in [0, 0.05) is 33.3 Å². The number of aryl methyl sites for hydroxylation is 2. The number of carbonyl (C=O) groups excluding carboxylic acids is 1. The second kappa shape index (κ2) is 10.0. The minimum atomic E-state index is -0.789. The van der Waals surface area contributed by atoms with Crippen LogP contribution in [-0.2, 0) is 5.75 Å². The van der Waals surface area contributed by atoms with Crippen LogP contribution in [0, 0.1) is 25.5 Å². The Labute approximate surface area is 207 Å². The summed E-state index contributed by atoms with van der Waals surface area (Å²) in [5.41, 5.74) is 2.02. The summed E-state index contributed by atoms with van der Waals surface area (Å²) in [4.78, 5) is 21.8. The molecule has 4 rings (SSSR count). The van der Waals surface area contributed by atoms with Crippen molar-refractivity contribution in [1.82, 2.24) is 25.0 Å². The highest BCUT2D eigenvalue weighted by Gasteiger charge is 2.23. The van der Waals surface area contributed by atoms with Crippen molar-refractivity contribution in [3.63, 3.8) is 0 Å². The summed E-state index contributed by atoms with van der Waals surface area (Å²) in [7, 11) is 0. The van der Waals surface area contributed by atoms with E-state index in [1.807, 2.05) is 19.9 Å². The predicted molar refractivity (Wildman–Crippen MR) is 127 cm³/mol. The normalized spacial score (nSPS) is 11.0. The van der Waals surface area contributed by atoms with Crippen molar-refractivity contribution < 1.29 is 13.6 Å². The molecule has 0 radical (unpaired) electrons. The number of rotatable bonds is 6. The maximum absolute atomic E-state index is 14.1. The van der Waals surface area contributed by atoms with Crippen molar-refractivity contribution in [1.29, 1.82) is 0 Å². The minimum absolute atomic E-state index is 0.0864. The minimum Gasteiger partial charge on any atom is -0.318 e. The van der Waals surface area contributed by atoms with Crippen LogP contribution >= 0.6 is 35.0 Å². The van der Waals surface area contributed by atoms with Crippen LogP contribution in [0.3, 0.4) is 0 Å². The van der Waals surface area contributed by atoms with E-state index in [1.54, 1.807) is 18.2 Å². The van der Waals surface area contributed by atoms with Gasteiger partial charge in [-0.3, -0.25) is 4.79 Å². The number of carbonyl (C=O) groups is 1. The first-order valence-electron chi connectivity index (χ1n) is 9.82. The lowest BCUT2D eigenvalue weighted by Gasteiger charge is -2.10. The van der Waals surface area contributed by atoms with Crippen LogP contribution in [0.4, 0.5) is 14.5 Å². The quantitative estimate of drug-likeness (QED) is 0.255. The van der Waals surface area contributed by atoms with E-state index in [0.717, 1.165) is 29.6 Å². The van der Waals surface area contributed by atoms with Crippen molar-refractivity contribution in [2.75, 3.05) is 5.32 Å². The third-order valence-corrected chi connectivity index (χ3v) is 5.84. The molecule has 0 unspecified atom stereocenters. The highest BCUT2D eigenvalue weighted by Crippen LogP contribution is 2.27. The van der Waals surface area contributed by atoms with Crippen molar-refractivity contribution >= 4 is 46.6 Å². The number of nitrogens with one attached hydrogen (secondary N) is 1. The molecule has 1 amide bonds. The van der Waals surface area contributed by atoms with Gasteiger partial charge in [-0.1, -0.05) is 40.2 Å². The van der Waals surface area contributed by atoms with E-state index in [0.29, 0.717) is 26.6 Å². The molecule has 2 aromatic carbocycles. The van der Waals surface area contributed by atoms with E-state index in [9.17, 15) is 13.6 Å². The second-order valence-electron chi connectivity index (χ2n) is 7.22. The predicted octanol–water partition coefficient (Wildman–Crippen LogP) is 5.80. The fourth-order valence-electron chi connectivity index (χ4n) is 3.14. The third-order valence-electron chi connectivity index (χ3n) is 4.55. The van der Waals surface area contributed by atoms with E-state index in [4.69, 9.17) is 23.2 Å². The number of anilines is 1. The molecular formula is C22H16Cl2F2N6OS. The molecular weight excluding hydrogens is 505 g/mol. The Kier molecular flexibility index (Phi) is 7.11. The molecule has 0 aliphatic carbocycles. The molecule has 0 fully saturated rings. The maximum atomic E-state index is 14.1. The van der Waals surface area contributed by atoms with E-state index in [-0.39, 0.29) is 17.1 Å². The van der Waals surface area contributed by atoms with E-state index >= 15 is 0 Å². The lowest BCUT2D eigenvalue weighted by Crippen LogP contribution is -2.16. The molecule has 1 N–H and O–H groups in total. The van der Waals surface area contributed by atoms with Gasteiger partial charge in [0.1, 0.15) is 11.6 Å². The summed E-state index contributed by atoms with van der Waals surface area (Å²) in [6, 6.07) is 9.37. The topological polar surface area (TPSA) is 85.6 Å². The summed E-state index contributed by atoms with van der Waals surface area (Å²) in [6.45, 7) is 3.70. The Morgan fingerprint density at radius 3 is 2.38 bits per heavy atom. The number of halogens is 4. The van der Waals surface area contributed by atoms with Crippen LogP contribution in [0.2, 0.25) is 10.0 Å². The Balaban J connectivity index is 1.72. The number of thioether (sulfide) groups is 1. The highest BCUT2D eigenvalue weighted by molar-refractivity contribution is 7.98. The van der Waals surface area contributed by atoms with Gasteiger partial charge in [0.2, 0.25) is 0 Å². The first-order valence-corrected chi connectivity index (χ1v) is 11.6. The molecule has 0 bridgehead atoms. The SMILES string of the molecule is Cc1cc(C)nc(SCc2c(C(=O)Nc3cc(F)ccc3F)nnn2-c2cc(Cl)cc(Cl)c2)n1. The first kappa shape index (κ1) is 24.1. The average Bonchev–Trinajstić information content (AvgIpc) is 3.17. The van der Waals surface area contributed by atoms with Gasteiger partial charge in [0.25, 0.3) is 5.91 Å². The number of hydrogen-bond acceptors (Lipinski definition) is 6. The first-order chi connectivity index (χ1) is 16.2. The number of nitrogens with zero attached hydrogens (tertiary/aromatic N) is 5. The Morgan fingerprint density at radius 2 is 1.71 bits per heavy atom. The average molecular weight is 521 g/mol. The summed E-state index contributed by atoms with van der Waals surface area (Å²) in [5.74, 6) is -2.06. The largest absolute Gasteiger partial charge is 0.318 e. The zero-order valence-electron chi connectivity index (χ0n) is 17.8. The standard InChI is InChI=1S/C22H16Cl2F2N6OS/c1-11-5-12(2)28-22(27-11)34-10-19-20(21(33)29-18-9-15(25)3-4-17(18)26)30-31-32(19)16-7-13(23)6-14(24)8-16/h3-9H,10H2,1-2H3,(H,29,33).